The number of hydrogen-bond donors (Lipinski definition) is 1. The lowest BCUT2D eigenvalue weighted by Crippen LogP contribution is -2.09. The second kappa shape index (κ2) is 5.16. The Bertz CT molecular complexity index is 537. The summed E-state index contributed by atoms with van der Waals surface area (Å²) in [4.78, 5) is 0. The van der Waals surface area contributed by atoms with Crippen molar-refractivity contribution in [2.45, 2.75) is 26.4 Å². The van der Waals surface area contributed by atoms with Crippen molar-refractivity contribution in [3.8, 4) is 0 Å². The van der Waals surface area contributed by atoms with Crippen molar-refractivity contribution in [1.82, 2.24) is 9.78 Å². The number of halogens is 2. The summed E-state index contributed by atoms with van der Waals surface area (Å²) in [5.74, 6) is -1.63. The average Bonchev–Trinajstić information content (AvgIpc) is 2.80. The minimum atomic E-state index is -0.828. The van der Waals surface area contributed by atoms with Crippen molar-refractivity contribution in [2.24, 2.45) is 0 Å². The van der Waals surface area contributed by atoms with E-state index in [1.165, 1.54) is 6.07 Å². The first kappa shape index (κ1) is 12.5. The van der Waals surface area contributed by atoms with Crippen molar-refractivity contribution in [1.29, 1.82) is 0 Å². The van der Waals surface area contributed by atoms with E-state index in [0.29, 0.717) is 5.56 Å². The third-order valence-corrected chi connectivity index (χ3v) is 2.79. The maximum absolute atomic E-state index is 13.6. The van der Waals surface area contributed by atoms with Gasteiger partial charge in [0.15, 0.2) is 11.6 Å². The Morgan fingerprint density at radius 2 is 2.17 bits per heavy atom. The minimum Gasteiger partial charge on any atom is -0.376 e. The molecule has 1 aromatic carbocycles. The quantitative estimate of drug-likeness (QED) is 0.903. The molecule has 96 valence electrons. The number of aromatic nitrogens is 2. The molecule has 2 rings (SSSR count). The van der Waals surface area contributed by atoms with Crippen molar-refractivity contribution >= 4 is 5.69 Å². The van der Waals surface area contributed by atoms with Gasteiger partial charge in [-0.1, -0.05) is 12.1 Å². The molecular weight excluding hydrogens is 236 g/mol. The van der Waals surface area contributed by atoms with Crippen LogP contribution < -0.4 is 5.32 Å². The Kier molecular flexibility index (Phi) is 3.60. The molecule has 0 radical (unpaired) electrons. The zero-order chi connectivity index (χ0) is 13.1. The van der Waals surface area contributed by atoms with Crippen molar-refractivity contribution in [3.05, 3.63) is 47.8 Å². The summed E-state index contributed by atoms with van der Waals surface area (Å²) in [6.45, 7) is 4.53. The Balaban J connectivity index is 2.16. The van der Waals surface area contributed by atoms with E-state index >= 15 is 0 Å². The van der Waals surface area contributed by atoms with Crippen LogP contribution >= 0.6 is 0 Å². The molecule has 3 nitrogen and oxygen atoms in total. The number of nitrogens with zero attached hydrogens (tertiary/aromatic N) is 2. The largest absolute Gasteiger partial charge is 0.376 e. The van der Waals surface area contributed by atoms with E-state index in [-0.39, 0.29) is 6.04 Å². The highest BCUT2D eigenvalue weighted by Crippen LogP contribution is 2.22. The minimum absolute atomic E-state index is 0.305. The molecule has 5 heteroatoms. The SMILES string of the molecule is CCn1cc(NC(C)c2cccc(F)c2F)cn1. The molecule has 1 atom stereocenters. The van der Waals surface area contributed by atoms with Crippen molar-refractivity contribution < 1.29 is 8.78 Å². The van der Waals surface area contributed by atoms with Gasteiger partial charge in [0.1, 0.15) is 0 Å². The van der Waals surface area contributed by atoms with Crippen LogP contribution in [0.4, 0.5) is 14.5 Å². The molecule has 1 aromatic heterocycles. The molecule has 0 fully saturated rings. The number of aryl methyl sites for hydroxylation is 1. The first-order chi connectivity index (χ1) is 8.61. The second-order valence-electron chi connectivity index (χ2n) is 4.09. The van der Waals surface area contributed by atoms with Gasteiger partial charge >= 0.3 is 0 Å². The van der Waals surface area contributed by atoms with Gasteiger partial charge in [0, 0.05) is 18.3 Å². The highest BCUT2D eigenvalue weighted by Gasteiger charge is 2.14. The molecule has 0 aliphatic heterocycles. The molecule has 1 N–H and O–H groups in total. The first-order valence-corrected chi connectivity index (χ1v) is 5.84. The van der Waals surface area contributed by atoms with Crippen LogP contribution in [-0.4, -0.2) is 9.78 Å². The molecule has 1 unspecified atom stereocenters. The Morgan fingerprint density at radius 3 is 2.83 bits per heavy atom. The third kappa shape index (κ3) is 2.50. The lowest BCUT2D eigenvalue weighted by atomic mass is 10.1. The lowest BCUT2D eigenvalue weighted by Gasteiger charge is -2.15. The fourth-order valence-electron chi connectivity index (χ4n) is 1.79. The van der Waals surface area contributed by atoms with Gasteiger partial charge in [-0.2, -0.15) is 5.10 Å². The van der Waals surface area contributed by atoms with Crippen LogP contribution in [0.3, 0.4) is 0 Å². The summed E-state index contributed by atoms with van der Waals surface area (Å²) in [6.07, 6.45) is 3.49. The molecule has 0 spiro atoms. The maximum Gasteiger partial charge on any atom is 0.164 e. The van der Waals surface area contributed by atoms with Gasteiger partial charge in [-0.05, 0) is 19.9 Å². The van der Waals surface area contributed by atoms with Crippen LogP contribution in [0.1, 0.15) is 25.5 Å². The van der Waals surface area contributed by atoms with E-state index in [1.807, 2.05) is 13.1 Å². The molecule has 0 saturated heterocycles. The zero-order valence-electron chi connectivity index (χ0n) is 10.3. The zero-order valence-corrected chi connectivity index (χ0v) is 10.3. The van der Waals surface area contributed by atoms with E-state index in [2.05, 4.69) is 10.4 Å². The fraction of sp³-hybridized carbons (Fsp3) is 0.308. The summed E-state index contributed by atoms with van der Waals surface area (Å²) in [5.41, 5.74) is 1.09. The van der Waals surface area contributed by atoms with Gasteiger partial charge in [0.2, 0.25) is 0 Å². The summed E-state index contributed by atoms with van der Waals surface area (Å²) in [6, 6.07) is 3.86. The molecule has 0 amide bonds. The second-order valence-corrected chi connectivity index (χ2v) is 4.09. The van der Waals surface area contributed by atoms with Crippen molar-refractivity contribution in [3.63, 3.8) is 0 Å². The number of hydrogen-bond acceptors (Lipinski definition) is 2. The summed E-state index contributed by atoms with van der Waals surface area (Å²) < 4.78 is 28.5. The van der Waals surface area contributed by atoms with Crippen LogP contribution in [0, 0.1) is 11.6 Å². The highest BCUT2D eigenvalue weighted by atomic mass is 19.2. The summed E-state index contributed by atoms with van der Waals surface area (Å²) in [7, 11) is 0. The molecule has 2 aromatic rings. The van der Waals surface area contributed by atoms with E-state index < -0.39 is 11.6 Å². The highest BCUT2D eigenvalue weighted by molar-refractivity contribution is 5.41. The molecule has 18 heavy (non-hydrogen) atoms. The van der Waals surface area contributed by atoms with Gasteiger partial charge in [0.05, 0.1) is 17.9 Å². The normalized spacial score (nSPS) is 12.4. The summed E-state index contributed by atoms with van der Waals surface area (Å²) in [5, 5.41) is 7.20. The van der Waals surface area contributed by atoms with Gasteiger partial charge in [-0.15, -0.1) is 0 Å². The topological polar surface area (TPSA) is 29.9 Å². The molecule has 1 heterocycles. The molecule has 0 saturated carbocycles. The Morgan fingerprint density at radius 1 is 1.39 bits per heavy atom. The maximum atomic E-state index is 13.6. The standard InChI is InChI=1S/C13H15F2N3/c1-3-18-8-10(7-16-18)17-9(2)11-5-4-6-12(14)13(11)15/h4-9,17H,3H2,1-2H3. The van der Waals surface area contributed by atoms with Gasteiger partial charge < -0.3 is 5.32 Å². The van der Waals surface area contributed by atoms with Crippen LogP contribution in [0.5, 0.6) is 0 Å². The predicted octanol–water partition coefficient (Wildman–Crippen LogP) is 3.35. The van der Waals surface area contributed by atoms with Crippen LogP contribution in [0.25, 0.3) is 0 Å². The van der Waals surface area contributed by atoms with E-state index in [0.717, 1.165) is 18.3 Å². The van der Waals surface area contributed by atoms with Crippen LogP contribution in [-0.2, 0) is 6.54 Å². The van der Waals surface area contributed by atoms with E-state index in [1.54, 1.807) is 23.9 Å². The molecular formula is C13H15F2N3. The van der Waals surface area contributed by atoms with Crippen LogP contribution in [0.15, 0.2) is 30.6 Å². The summed E-state index contributed by atoms with van der Waals surface area (Å²) >= 11 is 0. The fourth-order valence-corrected chi connectivity index (χ4v) is 1.79. The van der Waals surface area contributed by atoms with E-state index in [4.69, 9.17) is 0 Å². The number of anilines is 1. The van der Waals surface area contributed by atoms with Crippen LogP contribution in [0.2, 0.25) is 0 Å². The van der Waals surface area contributed by atoms with Gasteiger partial charge in [-0.25, -0.2) is 8.78 Å². The Labute approximate surface area is 104 Å². The lowest BCUT2D eigenvalue weighted by molar-refractivity contribution is 0.494. The van der Waals surface area contributed by atoms with Crippen molar-refractivity contribution in [2.75, 3.05) is 5.32 Å². The number of rotatable bonds is 4. The molecule has 0 aliphatic carbocycles. The number of benzene rings is 1. The van der Waals surface area contributed by atoms with Gasteiger partial charge in [0.25, 0.3) is 0 Å². The average molecular weight is 251 g/mol. The smallest absolute Gasteiger partial charge is 0.164 e. The van der Waals surface area contributed by atoms with E-state index in [9.17, 15) is 8.78 Å². The molecule has 0 aliphatic rings. The predicted molar refractivity (Wildman–Crippen MR) is 66.3 cm³/mol. The number of nitrogens with one attached hydrogen (secondary N) is 1. The first-order valence-electron chi connectivity index (χ1n) is 5.84. The molecule has 0 bridgehead atoms. The third-order valence-electron chi connectivity index (χ3n) is 2.79. The Hall–Kier alpha value is -1.91. The van der Waals surface area contributed by atoms with Gasteiger partial charge in [-0.3, -0.25) is 4.68 Å². The monoisotopic (exact) mass is 251 g/mol.